The highest BCUT2D eigenvalue weighted by atomic mass is 32.1. The lowest BCUT2D eigenvalue weighted by atomic mass is 10.00. The van der Waals surface area contributed by atoms with E-state index in [9.17, 15) is 14.7 Å². The molecule has 5 rings (SSSR count). The Balaban J connectivity index is 1.13. The molecule has 0 spiro atoms. The van der Waals surface area contributed by atoms with Crippen molar-refractivity contribution in [2.45, 2.75) is 32.0 Å². The van der Waals surface area contributed by atoms with Crippen LogP contribution in [0.15, 0.2) is 47.8 Å². The van der Waals surface area contributed by atoms with Gasteiger partial charge in [0.05, 0.1) is 15.9 Å². The first-order valence-electron chi connectivity index (χ1n) is 11.3. The molecule has 172 valence electrons. The Morgan fingerprint density at radius 2 is 1.85 bits per heavy atom. The summed E-state index contributed by atoms with van der Waals surface area (Å²) in [6.45, 7) is 3.72. The number of hydrogen-bond donors (Lipinski definition) is 2. The molecule has 0 bridgehead atoms. The third-order valence-electron chi connectivity index (χ3n) is 6.29. The van der Waals surface area contributed by atoms with Crippen LogP contribution < -0.4 is 5.32 Å². The number of amides is 2. The van der Waals surface area contributed by atoms with Crippen LogP contribution in [0.1, 0.15) is 40.9 Å². The van der Waals surface area contributed by atoms with Crippen LogP contribution in [-0.4, -0.2) is 59.0 Å². The molecule has 0 fully saturated rings. The molecular formula is C25H27N3O3S2. The van der Waals surface area contributed by atoms with Crippen molar-refractivity contribution in [1.29, 1.82) is 0 Å². The maximum absolute atomic E-state index is 12.7. The zero-order chi connectivity index (χ0) is 22.8. The molecule has 3 aromatic rings. The van der Waals surface area contributed by atoms with Gasteiger partial charge in [-0.2, -0.15) is 0 Å². The van der Waals surface area contributed by atoms with E-state index in [0.717, 1.165) is 36.4 Å². The van der Waals surface area contributed by atoms with Gasteiger partial charge in [-0.1, -0.05) is 30.3 Å². The van der Waals surface area contributed by atoms with Crippen LogP contribution >= 0.6 is 22.7 Å². The van der Waals surface area contributed by atoms with E-state index in [4.69, 9.17) is 0 Å². The van der Waals surface area contributed by atoms with E-state index < -0.39 is 6.10 Å². The van der Waals surface area contributed by atoms with Gasteiger partial charge in [-0.25, -0.2) is 0 Å². The van der Waals surface area contributed by atoms with Gasteiger partial charge in [0.25, 0.3) is 11.8 Å². The predicted octanol–water partition coefficient (Wildman–Crippen LogP) is 3.16. The molecule has 2 N–H and O–H groups in total. The van der Waals surface area contributed by atoms with Gasteiger partial charge in [-0.3, -0.25) is 14.5 Å². The van der Waals surface area contributed by atoms with Gasteiger partial charge >= 0.3 is 0 Å². The standard InChI is InChI=1S/C25H27N3O3S2/c29-20(16-27-9-7-17-4-1-2-5-18(17)14-27)13-26-24(30)23-12-19-15-28(10-8-21(19)33-23)25(31)22-6-3-11-32-22/h1-6,11-12,20,29H,7-10,13-16H2,(H,26,30). The number of carbonyl (C=O) groups excluding carboxylic acids is 2. The zero-order valence-corrected chi connectivity index (χ0v) is 20.0. The lowest BCUT2D eigenvalue weighted by molar-refractivity contribution is 0.0740. The van der Waals surface area contributed by atoms with Crippen LogP contribution in [0, 0.1) is 0 Å². The van der Waals surface area contributed by atoms with Gasteiger partial charge in [-0.05, 0) is 47.0 Å². The monoisotopic (exact) mass is 481 g/mol. The summed E-state index contributed by atoms with van der Waals surface area (Å²) in [5, 5.41) is 15.3. The summed E-state index contributed by atoms with van der Waals surface area (Å²) in [6, 6.07) is 14.1. The first-order valence-corrected chi connectivity index (χ1v) is 13.0. The Morgan fingerprint density at radius 1 is 1.00 bits per heavy atom. The number of thiophene rings is 2. The average molecular weight is 482 g/mol. The minimum Gasteiger partial charge on any atom is -0.390 e. The van der Waals surface area contributed by atoms with Gasteiger partial charge in [-0.15, -0.1) is 22.7 Å². The molecule has 8 heteroatoms. The molecule has 33 heavy (non-hydrogen) atoms. The summed E-state index contributed by atoms with van der Waals surface area (Å²) >= 11 is 2.95. The van der Waals surface area contributed by atoms with Crippen molar-refractivity contribution in [3.05, 3.63) is 79.2 Å². The second-order valence-corrected chi connectivity index (χ2v) is 10.7. The number of nitrogens with zero attached hydrogens (tertiary/aromatic N) is 2. The zero-order valence-electron chi connectivity index (χ0n) is 18.3. The van der Waals surface area contributed by atoms with Gasteiger partial charge in [0.2, 0.25) is 0 Å². The third kappa shape index (κ3) is 5.04. The fourth-order valence-corrected chi connectivity index (χ4v) is 6.31. The van der Waals surface area contributed by atoms with Crippen molar-refractivity contribution in [1.82, 2.24) is 15.1 Å². The average Bonchev–Trinajstić information content (AvgIpc) is 3.52. The normalized spacial score (nSPS) is 16.7. The van der Waals surface area contributed by atoms with Crippen molar-refractivity contribution in [3.63, 3.8) is 0 Å². The fraction of sp³-hybridized carbons (Fsp3) is 0.360. The number of rotatable bonds is 6. The Hall–Kier alpha value is -2.52. The summed E-state index contributed by atoms with van der Waals surface area (Å²) < 4.78 is 0. The Kier molecular flexibility index (Phi) is 6.59. The largest absolute Gasteiger partial charge is 0.390 e. The van der Waals surface area contributed by atoms with Crippen LogP contribution in [0.2, 0.25) is 0 Å². The quantitative estimate of drug-likeness (QED) is 0.567. The summed E-state index contributed by atoms with van der Waals surface area (Å²) in [5.41, 5.74) is 3.75. The van der Waals surface area contributed by atoms with Gasteiger partial charge < -0.3 is 15.3 Å². The smallest absolute Gasteiger partial charge is 0.264 e. The number of nitrogens with one attached hydrogen (secondary N) is 1. The molecular weight excluding hydrogens is 454 g/mol. The number of β-amino-alcohol motifs (C(OH)–C–C–N with tert-alkyl or cyclic N) is 1. The SMILES string of the molecule is O=C(NCC(O)CN1CCc2ccccc2C1)c1cc2c(s1)CCN(C(=O)c1cccs1)C2. The fourth-order valence-electron chi connectivity index (χ4n) is 4.54. The van der Waals surface area contributed by atoms with E-state index in [2.05, 4.69) is 34.5 Å². The Labute approximate surface area is 201 Å². The second-order valence-electron chi connectivity index (χ2n) is 8.63. The summed E-state index contributed by atoms with van der Waals surface area (Å²) in [5.74, 6) is -0.107. The highest BCUT2D eigenvalue weighted by Crippen LogP contribution is 2.29. The van der Waals surface area contributed by atoms with E-state index in [1.807, 2.05) is 28.5 Å². The third-order valence-corrected chi connectivity index (χ3v) is 8.38. The van der Waals surface area contributed by atoms with E-state index in [0.29, 0.717) is 24.5 Å². The first-order chi connectivity index (χ1) is 16.1. The molecule has 6 nitrogen and oxygen atoms in total. The molecule has 2 aliphatic rings. The van der Waals surface area contributed by atoms with Crippen molar-refractivity contribution in [2.24, 2.45) is 0 Å². The van der Waals surface area contributed by atoms with Crippen molar-refractivity contribution < 1.29 is 14.7 Å². The molecule has 1 aromatic carbocycles. The lowest BCUT2D eigenvalue weighted by Gasteiger charge is -2.30. The summed E-state index contributed by atoms with van der Waals surface area (Å²) in [6.07, 6.45) is 1.14. The molecule has 1 unspecified atom stereocenters. The minimum absolute atomic E-state index is 0.0521. The number of aliphatic hydroxyl groups is 1. The van der Waals surface area contributed by atoms with Crippen molar-refractivity contribution >= 4 is 34.5 Å². The van der Waals surface area contributed by atoms with E-state index in [1.165, 1.54) is 38.7 Å². The van der Waals surface area contributed by atoms with Gasteiger partial charge in [0.1, 0.15) is 0 Å². The number of hydrogen-bond acceptors (Lipinski definition) is 6. The Bertz CT molecular complexity index is 1140. The van der Waals surface area contributed by atoms with Gasteiger partial charge in [0, 0.05) is 44.1 Å². The molecule has 0 aliphatic carbocycles. The highest BCUT2D eigenvalue weighted by Gasteiger charge is 2.26. The van der Waals surface area contributed by atoms with E-state index in [-0.39, 0.29) is 18.4 Å². The van der Waals surface area contributed by atoms with Crippen LogP contribution in [-0.2, 0) is 25.9 Å². The van der Waals surface area contributed by atoms with Gasteiger partial charge in [0.15, 0.2) is 0 Å². The van der Waals surface area contributed by atoms with Crippen LogP contribution in [0.3, 0.4) is 0 Å². The minimum atomic E-state index is -0.618. The molecule has 0 saturated carbocycles. The number of benzene rings is 1. The summed E-state index contributed by atoms with van der Waals surface area (Å²) in [7, 11) is 0. The maximum Gasteiger partial charge on any atom is 0.264 e. The summed E-state index contributed by atoms with van der Waals surface area (Å²) in [4.78, 5) is 32.0. The molecule has 0 saturated heterocycles. The molecule has 1 atom stereocenters. The highest BCUT2D eigenvalue weighted by molar-refractivity contribution is 7.14. The molecule has 2 aromatic heterocycles. The number of aliphatic hydroxyl groups excluding tert-OH is 1. The molecule has 4 heterocycles. The maximum atomic E-state index is 12.7. The topological polar surface area (TPSA) is 72.9 Å². The van der Waals surface area contributed by atoms with E-state index >= 15 is 0 Å². The van der Waals surface area contributed by atoms with Crippen LogP contribution in [0.5, 0.6) is 0 Å². The first kappa shape index (κ1) is 22.3. The van der Waals surface area contributed by atoms with Crippen molar-refractivity contribution in [2.75, 3.05) is 26.2 Å². The molecule has 2 aliphatic heterocycles. The van der Waals surface area contributed by atoms with E-state index in [1.54, 1.807) is 0 Å². The predicted molar refractivity (Wildman–Crippen MR) is 131 cm³/mol. The second kappa shape index (κ2) is 9.77. The van der Waals surface area contributed by atoms with Crippen LogP contribution in [0.4, 0.5) is 0 Å². The van der Waals surface area contributed by atoms with Crippen molar-refractivity contribution in [3.8, 4) is 0 Å². The number of fused-ring (bicyclic) bond motifs is 2. The van der Waals surface area contributed by atoms with Crippen LogP contribution in [0.25, 0.3) is 0 Å². The lowest BCUT2D eigenvalue weighted by Crippen LogP contribution is -2.41. The number of carbonyl (C=O) groups is 2. The molecule has 2 amide bonds. The Morgan fingerprint density at radius 3 is 2.67 bits per heavy atom. The molecule has 0 radical (unpaired) electrons.